The van der Waals surface area contributed by atoms with E-state index in [2.05, 4.69) is 22.5 Å². The van der Waals surface area contributed by atoms with Gasteiger partial charge in [0.2, 0.25) is 17.7 Å². The van der Waals surface area contributed by atoms with Crippen molar-refractivity contribution < 1.29 is 14.4 Å². The molecule has 0 spiro atoms. The molecule has 3 aliphatic rings. The van der Waals surface area contributed by atoms with Gasteiger partial charge in [0.1, 0.15) is 0 Å². The largest absolute Gasteiger partial charge is 0.343 e. The summed E-state index contributed by atoms with van der Waals surface area (Å²) in [6.45, 7) is 2.01. The highest BCUT2D eigenvalue weighted by molar-refractivity contribution is 7.13. The molecule has 0 unspecified atom stereocenters. The molecule has 8 heteroatoms. The van der Waals surface area contributed by atoms with Crippen molar-refractivity contribution in [2.45, 2.75) is 50.9 Å². The van der Waals surface area contributed by atoms with E-state index in [4.69, 9.17) is 0 Å². The summed E-state index contributed by atoms with van der Waals surface area (Å²) in [5, 5.41) is 5.45. The number of rotatable bonds is 6. The summed E-state index contributed by atoms with van der Waals surface area (Å²) < 4.78 is 0. The van der Waals surface area contributed by atoms with Gasteiger partial charge in [0.15, 0.2) is 5.13 Å². The normalized spacial score (nSPS) is 22.8. The molecular formula is C22H30N4O3S. The minimum atomic E-state index is -0.159. The van der Waals surface area contributed by atoms with Crippen molar-refractivity contribution in [2.75, 3.05) is 32.0 Å². The van der Waals surface area contributed by atoms with Crippen LogP contribution in [0.25, 0.3) is 0 Å². The van der Waals surface area contributed by atoms with Crippen LogP contribution < -0.4 is 5.32 Å². The number of carbonyl (C=O) groups excluding carboxylic acids is 3. The third-order valence-electron chi connectivity index (χ3n) is 6.42. The standard InChI is InChI=1S/C22H30N4O3S/c1-25-11-3-2-4-17(21(25)29)15-9-12-26(13-10-15)20(28)8-7-19(27)24-22-23-18(14-30-22)16-5-6-16/h2-3,14-17H,4-13H2,1H3,(H,23,24,27)/t17-/m1/s1. The second kappa shape index (κ2) is 9.29. The van der Waals surface area contributed by atoms with Gasteiger partial charge in [0.05, 0.1) is 5.69 Å². The number of allylic oxidation sites excluding steroid dienone is 1. The number of carbonyl (C=O) groups is 3. The van der Waals surface area contributed by atoms with Gasteiger partial charge in [-0.05, 0) is 38.0 Å². The van der Waals surface area contributed by atoms with Crippen molar-refractivity contribution in [3.63, 3.8) is 0 Å². The van der Waals surface area contributed by atoms with E-state index in [-0.39, 0.29) is 36.5 Å². The molecule has 0 aromatic carbocycles. The van der Waals surface area contributed by atoms with Gasteiger partial charge in [0.25, 0.3) is 0 Å². The molecule has 1 saturated heterocycles. The molecule has 1 N–H and O–H groups in total. The number of likely N-dealkylation sites (N-methyl/N-ethyl adjacent to an activating group) is 1. The lowest BCUT2D eigenvalue weighted by atomic mass is 9.81. The number of hydrogen-bond acceptors (Lipinski definition) is 5. The van der Waals surface area contributed by atoms with E-state index in [9.17, 15) is 14.4 Å². The fraction of sp³-hybridized carbons (Fsp3) is 0.636. The third kappa shape index (κ3) is 5.09. The lowest BCUT2D eigenvalue weighted by Gasteiger charge is -2.36. The van der Waals surface area contributed by atoms with Gasteiger partial charge in [-0.25, -0.2) is 4.98 Å². The van der Waals surface area contributed by atoms with Crippen molar-refractivity contribution in [1.29, 1.82) is 0 Å². The second-order valence-corrected chi connectivity index (χ2v) is 9.51. The van der Waals surface area contributed by atoms with Crippen LogP contribution in [0.4, 0.5) is 5.13 Å². The van der Waals surface area contributed by atoms with E-state index < -0.39 is 0 Å². The summed E-state index contributed by atoms with van der Waals surface area (Å²) >= 11 is 1.45. The topological polar surface area (TPSA) is 82.6 Å². The first-order valence-electron chi connectivity index (χ1n) is 10.9. The number of anilines is 1. The Hall–Kier alpha value is -2.22. The zero-order valence-corrected chi connectivity index (χ0v) is 18.3. The van der Waals surface area contributed by atoms with Crippen molar-refractivity contribution in [2.24, 2.45) is 11.8 Å². The van der Waals surface area contributed by atoms with E-state index in [0.29, 0.717) is 36.6 Å². The molecule has 162 valence electrons. The van der Waals surface area contributed by atoms with Gasteiger partial charge in [-0.3, -0.25) is 14.4 Å². The van der Waals surface area contributed by atoms with Crippen molar-refractivity contribution >= 4 is 34.2 Å². The average Bonchev–Trinajstić information content (AvgIpc) is 3.53. The molecule has 2 aliphatic heterocycles. The first-order chi connectivity index (χ1) is 14.5. The van der Waals surface area contributed by atoms with E-state index in [0.717, 1.165) is 25.0 Å². The Bertz CT molecular complexity index is 824. The van der Waals surface area contributed by atoms with Crippen LogP contribution >= 0.6 is 11.3 Å². The molecule has 1 atom stereocenters. The zero-order chi connectivity index (χ0) is 21.1. The molecule has 3 amide bonds. The molecule has 30 heavy (non-hydrogen) atoms. The molecule has 0 radical (unpaired) electrons. The van der Waals surface area contributed by atoms with Crippen LogP contribution in [0, 0.1) is 11.8 Å². The Morgan fingerprint density at radius 2 is 1.93 bits per heavy atom. The summed E-state index contributed by atoms with van der Waals surface area (Å²) in [5.74, 6) is 0.991. The van der Waals surface area contributed by atoms with Crippen LogP contribution in [0.2, 0.25) is 0 Å². The van der Waals surface area contributed by atoms with Crippen molar-refractivity contribution in [1.82, 2.24) is 14.8 Å². The van der Waals surface area contributed by atoms with E-state index in [1.165, 1.54) is 24.2 Å². The Labute approximate surface area is 181 Å². The summed E-state index contributed by atoms with van der Waals surface area (Å²) in [7, 11) is 1.85. The van der Waals surface area contributed by atoms with E-state index in [1.807, 2.05) is 17.3 Å². The Morgan fingerprint density at radius 3 is 2.67 bits per heavy atom. The molecule has 1 saturated carbocycles. The molecule has 2 fully saturated rings. The monoisotopic (exact) mass is 430 g/mol. The Kier molecular flexibility index (Phi) is 6.51. The predicted octanol–water partition coefficient (Wildman–Crippen LogP) is 3.01. The first kappa shape index (κ1) is 21.0. The maximum atomic E-state index is 12.6. The molecule has 1 aliphatic carbocycles. The second-order valence-electron chi connectivity index (χ2n) is 8.65. The highest BCUT2D eigenvalue weighted by Crippen LogP contribution is 2.40. The lowest BCUT2D eigenvalue weighted by molar-refractivity contribution is -0.137. The Morgan fingerprint density at radius 1 is 1.17 bits per heavy atom. The quantitative estimate of drug-likeness (QED) is 0.704. The number of nitrogens with zero attached hydrogens (tertiary/aromatic N) is 3. The number of likely N-dealkylation sites (tertiary alicyclic amines) is 1. The van der Waals surface area contributed by atoms with Crippen LogP contribution in [0.15, 0.2) is 17.5 Å². The molecule has 7 nitrogen and oxygen atoms in total. The van der Waals surface area contributed by atoms with E-state index >= 15 is 0 Å². The number of aromatic nitrogens is 1. The molecule has 1 aromatic heterocycles. The number of nitrogens with one attached hydrogen (secondary N) is 1. The van der Waals surface area contributed by atoms with Crippen LogP contribution in [0.1, 0.15) is 56.6 Å². The van der Waals surface area contributed by atoms with Gasteiger partial charge in [-0.15, -0.1) is 11.3 Å². The van der Waals surface area contributed by atoms with Gasteiger partial charge < -0.3 is 15.1 Å². The van der Waals surface area contributed by atoms with Gasteiger partial charge in [-0.2, -0.15) is 0 Å². The number of amides is 3. The SMILES string of the molecule is CN1CC=CC[C@H](C2CCN(C(=O)CCC(=O)Nc3nc(C4CC4)cs3)CC2)C1=O. The summed E-state index contributed by atoms with van der Waals surface area (Å²) in [4.78, 5) is 45.4. The van der Waals surface area contributed by atoms with Gasteiger partial charge in [-0.1, -0.05) is 12.2 Å². The molecule has 1 aromatic rings. The average molecular weight is 431 g/mol. The van der Waals surface area contributed by atoms with E-state index in [1.54, 1.807) is 4.90 Å². The highest BCUT2D eigenvalue weighted by atomic mass is 32.1. The molecule has 4 rings (SSSR count). The number of thiazole rings is 1. The Balaban J connectivity index is 1.19. The summed E-state index contributed by atoms with van der Waals surface area (Å²) in [6.07, 6.45) is 9.41. The fourth-order valence-corrected chi connectivity index (χ4v) is 5.17. The van der Waals surface area contributed by atoms with Crippen LogP contribution in [0.5, 0.6) is 0 Å². The molecule has 3 heterocycles. The minimum Gasteiger partial charge on any atom is -0.343 e. The van der Waals surface area contributed by atoms with Crippen LogP contribution in [-0.2, 0) is 14.4 Å². The minimum absolute atomic E-state index is 0.0191. The molecule has 0 bridgehead atoms. The maximum absolute atomic E-state index is 12.6. The number of hydrogen-bond donors (Lipinski definition) is 1. The predicted molar refractivity (Wildman–Crippen MR) is 116 cm³/mol. The first-order valence-corrected chi connectivity index (χ1v) is 11.8. The third-order valence-corrected chi connectivity index (χ3v) is 7.20. The fourth-order valence-electron chi connectivity index (χ4n) is 4.37. The van der Waals surface area contributed by atoms with Crippen molar-refractivity contribution in [3.05, 3.63) is 23.2 Å². The smallest absolute Gasteiger partial charge is 0.226 e. The lowest BCUT2D eigenvalue weighted by Crippen LogP contribution is -2.43. The van der Waals surface area contributed by atoms with Gasteiger partial charge >= 0.3 is 0 Å². The van der Waals surface area contributed by atoms with Gasteiger partial charge in [0, 0.05) is 56.7 Å². The highest BCUT2D eigenvalue weighted by Gasteiger charge is 2.34. The summed E-state index contributed by atoms with van der Waals surface area (Å²) in [6, 6.07) is 0. The van der Waals surface area contributed by atoms with Crippen molar-refractivity contribution in [3.8, 4) is 0 Å². The number of piperidine rings is 1. The zero-order valence-electron chi connectivity index (χ0n) is 17.5. The van der Waals surface area contributed by atoms with Crippen LogP contribution in [0.3, 0.4) is 0 Å². The van der Waals surface area contributed by atoms with Crippen LogP contribution in [-0.4, -0.2) is 59.2 Å². The molecular weight excluding hydrogens is 400 g/mol. The summed E-state index contributed by atoms with van der Waals surface area (Å²) in [5.41, 5.74) is 1.07. The maximum Gasteiger partial charge on any atom is 0.226 e.